The third-order valence-electron chi connectivity index (χ3n) is 6.59. The van der Waals surface area contributed by atoms with Gasteiger partial charge >= 0.3 is 0 Å². The Morgan fingerprint density at radius 3 is 2.74 bits per heavy atom. The molecule has 1 fully saturated rings. The number of nitrogens with two attached hydrogens (primary N) is 1. The molecule has 0 unspecified atom stereocenters. The SMILES string of the molecule is NC[C@@H]1CCN(c2ccc3c(c2)Cn2cc(-c4ccc(F)cc4)cc2-c2nccn2-3)C1. The lowest BCUT2D eigenvalue weighted by molar-refractivity contribution is 0.602. The number of rotatable bonds is 3. The zero-order chi connectivity index (χ0) is 20.9. The molecule has 0 amide bonds. The maximum absolute atomic E-state index is 13.4. The molecule has 6 heteroatoms. The van der Waals surface area contributed by atoms with Crippen molar-refractivity contribution < 1.29 is 4.39 Å². The number of hydrogen-bond donors (Lipinski definition) is 1. The fraction of sp³-hybridized carbons (Fsp3) is 0.240. The highest BCUT2D eigenvalue weighted by Gasteiger charge is 2.25. The van der Waals surface area contributed by atoms with Gasteiger partial charge in [0, 0.05) is 49.5 Å². The lowest BCUT2D eigenvalue weighted by atomic mass is 10.1. The fourth-order valence-electron chi connectivity index (χ4n) is 4.89. The first kappa shape index (κ1) is 18.4. The van der Waals surface area contributed by atoms with Gasteiger partial charge in [-0.25, -0.2) is 9.37 Å². The van der Waals surface area contributed by atoms with Crippen LogP contribution in [0.25, 0.3) is 28.3 Å². The van der Waals surface area contributed by atoms with E-state index in [4.69, 9.17) is 5.73 Å². The minimum Gasteiger partial charge on any atom is -0.371 e. The Kier molecular flexibility index (Phi) is 4.21. The van der Waals surface area contributed by atoms with Crippen molar-refractivity contribution in [2.45, 2.75) is 13.0 Å². The van der Waals surface area contributed by atoms with Crippen molar-refractivity contribution >= 4 is 5.69 Å². The molecule has 2 aromatic heterocycles. The summed E-state index contributed by atoms with van der Waals surface area (Å²) in [5.41, 5.74) is 12.7. The average Bonchev–Trinajstić information content (AvgIpc) is 3.52. The number of nitrogens with zero attached hydrogens (tertiary/aromatic N) is 4. The van der Waals surface area contributed by atoms with Crippen LogP contribution in [0.3, 0.4) is 0 Å². The summed E-state index contributed by atoms with van der Waals surface area (Å²) in [6.45, 7) is 3.59. The Bertz CT molecular complexity index is 1250. The van der Waals surface area contributed by atoms with E-state index in [0.717, 1.165) is 60.9 Å². The van der Waals surface area contributed by atoms with Crippen LogP contribution in [0.5, 0.6) is 0 Å². The molecule has 0 spiro atoms. The van der Waals surface area contributed by atoms with Crippen molar-refractivity contribution in [3.05, 3.63) is 78.5 Å². The van der Waals surface area contributed by atoms with Crippen molar-refractivity contribution in [2.75, 3.05) is 24.5 Å². The van der Waals surface area contributed by atoms with E-state index in [-0.39, 0.29) is 5.82 Å². The highest BCUT2D eigenvalue weighted by molar-refractivity contribution is 5.72. The van der Waals surface area contributed by atoms with Crippen molar-refractivity contribution in [2.24, 2.45) is 11.7 Å². The van der Waals surface area contributed by atoms with E-state index in [0.29, 0.717) is 5.92 Å². The molecular weight excluding hydrogens is 389 g/mol. The average molecular weight is 414 g/mol. The van der Waals surface area contributed by atoms with Gasteiger partial charge in [0.15, 0.2) is 5.82 Å². The molecule has 0 saturated carbocycles. The van der Waals surface area contributed by atoms with Gasteiger partial charge < -0.3 is 15.2 Å². The van der Waals surface area contributed by atoms with Crippen LogP contribution in [-0.4, -0.2) is 33.8 Å². The number of anilines is 1. The van der Waals surface area contributed by atoms with Gasteiger partial charge in [-0.2, -0.15) is 0 Å². The zero-order valence-electron chi connectivity index (χ0n) is 17.2. The number of benzene rings is 2. The molecule has 4 heterocycles. The number of aromatic nitrogens is 3. The normalized spacial score (nSPS) is 17.2. The first-order chi connectivity index (χ1) is 15.2. The molecule has 156 valence electrons. The van der Waals surface area contributed by atoms with Crippen LogP contribution in [0.15, 0.2) is 67.1 Å². The van der Waals surface area contributed by atoms with E-state index in [1.807, 2.05) is 24.5 Å². The minimum absolute atomic E-state index is 0.222. The largest absolute Gasteiger partial charge is 0.371 e. The summed E-state index contributed by atoms with van der Waals surface area (Å²) in [6, 6.07) is 15.5. The monoisotopic (exact) mass is 413 g/mol. The molecule has 6 rings (SSSR count). The van der Waals surface area contributed by atoms with Crippen molar-refractivity contribution in [1.82, 2.24) is 14.1 Å². The maximum Gasteiger partial charge on any atom is 0.161 e. The van der Waals surface area contributed by atoms with Gasteiger partial charge in [0.1, 0.15) is 5.82 Å². The quantitative estimate of drug-likeness (QED) is 0.480. The van der Waals surface area contributed by atoms with Crippen molar-refractivity contribution in [1.29, 1.82) is 0 Å². The highest BCUT2D eigenvalue weighted by atomic mass is 19.1. The predicted molar refractivity (Wildman–Crippen MR) is 121 cm³/mol. The molecule has 2 aliphatic rings. The van der Waals surface area contributed by atoms with E-state index in [1.165, 1.54) is 23.4 Å². The maximum atomic E-state index is 13.4. The van der Waals surface area contributed by atoms with E-state index < -0.39 is 0 Å². The lowest BCUT2D eigenvalue weighted by Crippen LogP contribution is -2.22. The van der Waals surface area contributed by atoms with Crippen LogP contribution in [-0.2, 0) is 6.54 Å². The molecule has 1 atom stereocenters. The second-order valence-electron chi connectivity index (χ2n) is 8.52. The van der Waals surface area contributed by atoms with Gasteiger partial charge in [-0.3, -0.25) is 4.57 Å². The van der Waals surface area contributed by atoms with Crippen LogP contribution >= 0.6 is 0 Å². The Balaban J connectivity index is 1.43. The van der Waals surface area contributed by atoms with E-state index in [2.05, 4.69) is 49.5 Å². The highest BCUT2D eigenvalue weighted by Crippen LogP contribution is 2.36. The Hall–Kier alpha value is -3.38. The molecule has 0 radical (unpaired) electrons. The molecule has 31 heavy (non-hydrogen) atoms. The van der Waals surface area contributed by atoms with Gasteiger partial charge in [-0.15, -0.1) is 0 Å². The lowest BCUT2D eigenvalue weighted by Gasteiger charge is -2.21. The Labute approximate surface area is 180 Å². The molecule has 2 aliphatic heterocycles. The second-order valence-corrected chi connectivity index (χ2v) is 8.52. The number of halogens is 1. The molecule has 4 aromatic rings. The smallest absolute Gasteiger partial charge is 0.161 e. The van der Waals surface area contributed by atoms with Gasteiger partial charge in [0.2, 0.25) is 0 Å². The van der Waals surface area contributed by atoms with E-state index in [9.17, 15) is 4.39 Å². The van der Waals surface area contributed by atoms with Crippen LogP contribution in [0.1, 0.15) is 12.0 Å². The Morgan fingerprint density at radius 2 is 1.94 bits per heavy atom. The van der Waals surface area contributed by atoms with Gasteiger partial charge in [-0.05, 0) is 66.4 Å². The van der Waals surface area contributed by atoms with E-state index >= 15 is 0 Å². The Morgan fingerprint density at radius 1 is 1.06 bits per heavy atom. The second kappa shape index (κ2) is 7.10. The van der Waals surface area contributed by atoms with Gasteiger partial charge in [0.25, 0.3) is 0 Å². The summed E-state index contributed by atoms with van der Waals surface area (Å²) in [7, 11) is 0. The molecule has 0 bridgehead atoms. The number of hydrogen-bond acceptors (Lipinski definition) is 3. The topological polar surface area (TPSA) is 52.0 Å². The molecule has 2 aromatic carbocycles. The first-order valence-corrected chi connectivity index (χ1v) is 10.8. The minimum atomic E-state index is -0.222. The molecule has 5 nitrogen and oxygen atoms in total. The molecule has 0 aliphatic carbocycles. The van der Waals surface area contributed by atoms with Crippen LogP contribution in [0.4, 0.5) is 10.1 Å². The number of imidazole rings is 1. The summed E-state index contributed by atoms with van der Waals surface area (Å²) in [6.07, 6.45) is 7.17. The molecule has 2 N–H and O–H groups in total. The van der Waals surface area contributed by atoms with Crippen molar-refractivity contribution in [3.63, 3.8) is 0 Å². The third-order valence-corrected chi connectivity index (χ3v) is 6.59. The zero-order valence-corrected chi connectivity index (χ0v) is 17.2. The van der Waals surface area contributed by atoms with Crippen LogP contribution < -0.4 is 10.6 Å². The predicted octanol–water partition coefficient (Wildman–Crippen LogP) is 4.29. The summed E-state index contributed by atoms with van der Waals surface area (Å²) in [5, 5.41) is 0. The summed E-state index contributed by atoms with van der Waals surface area (Å²) >= 11 is 0. The van der Waals surface area contributed by atoms with Gasteiger partial charge in [0.05, 0.1) is 11.4 Å². The first-order valence-electron chi connectivity index (χ1n) is 10.8. The molecule has 1 saturated heterocycles. The number of fused-ring (bicyclic) bond motifs is 5. The van der Waals surface area contributed by atoms with Gasteiger partial charge in [-0.1, -0.05) is 12.1 Å². The fourth-order valence-corrected chi connectivity index (χ4v) is 4.89. The summed E-state index contributed by atoms with van der Waals surface area (Å²) in [5.74, 6) is 1.28. The van der Waals surface area contributed by atoms with Crippen molar-refractivity contribution in [3.8, 4) is 28.3 Å². The molecular formula is C25H24FN5. The summed E-state index contributed by atoms with van der Waals surface area (Å²) in [4.78, 5) is 7.10. The standard InChI is InChI=1S/C25H24FN5/c26-21-3-1-18(2-4-21)19-12-24-25-28-8-10-31(25)23-6-5-22(11-20(23)16-30(24)15-19)29-9-7-17(13-27)14-29/h1-6,8,10-12,15,17H,7,9,13-14,16,27H2/t17-/m0/s1. The van der Waals surface area contributed by atoms with Crippen LogP contribution in [0, 0.1) is 11.7 Å². The summed E-state index contributed by atoms with van der Waals surface area (Å²) < 4.78 is 17.8. The van der Waals surface area contributed by atoms with E-state index in [1.54, 1.807) is 0 Å². The van der Waals surface area contributed by atoms with Crippen LogP contribution in [0.2, 0.25) is 0 Å². The third kappa shape index (κ3) is 3.06.